The summed E-state index contributed by atoms with van der Waals surface area (Å²) >= 11 is 0. The monoisotopic (exact) mass is 384 g/mol. The van der Waals surface area contributed by atoms with Crippen LogP contribution >= 0.6 is 0 Å². The van der Waals surface area contributed by atoms with E-state index in [0.29, 0.717) is 51.1 Å². The Morgan fingerprint density at radius 3 is 2.39 bits per heavy atom. The number of carbonyl (C=O) groups is 2. The van der Waals surface area contributed by atoms with Crippen LogP contribution in [0.2, 0.25) is 0 Å². The van der Waals surface area contributed by atoms with Gasteiger partial charge in [-0.15, -0.1) is 0 Å². The molecule has 3 rings (SSSR count). The van der Waals surface area contributed by atoms with Crippen molar-refractivity contribution < 1.29 is 18.7 Å². The molecule has 0 radical (unpaired) electrons. The van der Waals surface area contributed by atoms with Gasteiger partial charge >= 0.3 is 0 Å². The van der Waals surface area contributed by atoms with Gasteiger partial charge in [0.15, 0.2) is 0 Å². The Hall–Kier alpha value is -2.89. The molecule has 28 heavy (non-hydrogen) atoms. The van der Waals surface area contributed by atoms with Crippen LogP contribution < -0.4 is 10.1 Å². The van der Waals surface area contributed by atoms with Crippen molar-refractivity contribution in [2.75, 3.05) is 25.0 Å². The summed E-state index contributed by atoms with van der Waals surface area (Å²) in [4.78, 5) is 26.5. The van der Waals surface area contributed by atoms with Gasteiger partial charge in [0.1, 0.15) is 11.6 Å². The third-order valence-electron chi connectivity index (χ3n) is 4.88. The molecule has 1 N–H and O–H groups in total. The summed E-state index contributed by atoms with van der Waals surface area (Å²) in [5.41, 5.74) is 0.798. The van der Waals surface area contributed by atoms with Crippen LogP contribution in [0.5, 0.6) is 5.75 Å². The molecule has 1 aliphatic rings. The van der Waals surface area contributed by atoms with Crippen LogP contribution in [0.4, 0.5) is 10.1 Å². The fourth-order valence-corrected chi connectivity index (χ4v) is 3.26. The average Bonchev–Trinajstić information content (AvgIpc) is 2.73. The van der Waals surface area contributed by atoms with Gasteiger partial charge in [-0.25, -0.2) is 4.39 Å². The predicted molar refractivity (Wildman–Crippen MR) is 106 cm³/mol. The first-order chi connectivity index (χ1) is 13.6. The number of likely N-dealkylation sites (tertiary alicyclic amines) is 1. The summed E-state index contributed by atoms with van der Waals surface area (Å²) in [5.74, 6) is 0.337. The number of rotatable bonds is 7. The zero-order valence-electron chi connectivity index (χ0n) is 15.8. The lowest BCUT2D eigenvalue weighted by Gasteiger charge is -2.31. The van der Waals surface area contributed by atoms with Crippen molar-refractivity contribution >= 4 is 17.5 Å². The summed E-state index contributed by atoms with van der Waals surface area (Å²) in [5, 5.41) is 2.93. The van der Waals surface area contributed by atoms with Gasteiger partial charge < -0.3 is 15.0 Å². The number of nitrogens with zero attached hydrogens (tertiary/aromatic N) is 1. The van der Waals surface area contributed by atoms with Crippen molar-refractivity contribution in [3.8, 4) is 5.75 Å². The predicted octanol–water partition coefficient (Wildman–Crippen LogP) is 3.86. The van der Waals surface area contributed by atoms with Crippen molar-refractivity contribution in [1.29, 1.82) is 0 Å². The number of nitrogens with one attached hydrogen (secondary N) is 1. The highest BCUT2D eigenvalue weighted by molar-refractivity contribution is 5.92. The van der Waals surface area contributed by atoms with E-state index in [-0.39, 0.29) is 23.5 Å². The van der Waals surface area contributed by atoms with Crippen LogP contribution in [0.15, 0.2) is 54.6 Å². The van der Waals surface area contributed by atoms with Crippen LogP contribution in [-0.4, -0.2) is 36.4 Å². The molecule has 1 heterocycles. The van der Waals surface area contributed by atoms with Crippen LogP contribution in [0.3, 0.4) is 0 Å². The Kier molecular flexibility index (Phi) is 7.00. The van der Waals surface area contributed by atoms with Crippen LogP contribution in [0.1, 0.15) is 25.7 Å². The van der Waals surface area contributed by atoms with Gasteiger partial charge in [0.25, 0.3) is 0 Å². The van der Waals surface area contributed by atoms with E-state index < -0.39 is 0 Å². The molecule has 2 aromatic carbocycles. The number of hydrogen-bond donors (Lipinski definition) is 1. The van der Waals surface area contributed by atoms with Gasteiger partial charge in [-0.1, -0.05) is 18.2 Å². The van der Waals surface area contributed by atoms with E-state index in [1.54, 1.807) is 12.1 Å². The molecular formula is C22H25FN2O3. The number of ether oxygens (including phenoxy) is 1. The van der Waals surface area contributed by atoms with E-state index in [9.17, 15) is 14.0 Å². The van der Waals surface area contributed by atoms with E-state index in [1.807, 2.05) is 35.2 Å². The SMILES string of the molecule is O=C(Nc1ccccc1)C1CCN(C(=O)CCCOc2ccc(F)cc2)CC1. The standard InChI is InChI=1S/C22H25FN2O3/c23-18-8-10-20(11-9-18)28-16-4-7-21(26)25-14-12-17(13-15-25)22(27)24-19-5-2-1-3-6-19/h1-3,5-6,8-11,17H,4,7,12-16H2,(H,24,27). The fourth-order valence-electron chi connectivity index (χ4n) is 3.26. The van der Waals surface area contributed by atoms with E-state index >= 15 is 0 Å². The first kappa shape index (κ1) is 19.9. The summed E-state index contributed by atoms with van der Waals surface area (Å²) in [6, 6.07) is 15.2. The number of halogens is 1. The lowest BCUT2D eigenvalue weighted by atomic mass is 9.95. The minimum Gasteiger partial charge on any atom is -0.494 e. The summed E-state index contributed by atoms with van der Waals surface area (Å²) in [6.45, 7) is 1.61. The second kappa shape index (κ2) is 9.88. The fraction of sp³-hybridized carbons (Fsp3) is 0.364. The Labute approximate surface area is 164 Å². The second-order valence-corrected chi connectivity index (χ2v) is 6.92. The van der Waals surface area contributed by atoms with Crippen molar-refractivity contribution in [3.05, 3.63) is 60.4 Å². The van der Waals surface area contributed by atoms with Gasteiger partial charge in [0.05, 0.1) is 6.61 Å². The molecule has 0 spiro atoms. The van der Waals surface area contributed by atoms with Crippen LogP contribution in [-0.2, 0) is 9.59 Å². The number of piperidine rings is 1. The lowest BCUT2D eigenvalue weighted by molar-refractivity contribution is -0.134. The highest BCUT2D eigenvalue weighted by Crippen LogP contribution is 2.20. The maximum atomic E-state index is 12.8. The number of carbonyl (C=O) groups excluding carboxylic acids is 2. The molecule has 1 aliphatic heterocycles. The van der Waals surface area contributed by atoms with Crippen molar-refractivity contribution in [2.24, 2.45) is 5.92 Å². The van der Waals surface area contributed by atoms with E-state index in [0.717, 1.165) is 5.69 Å². The Morgan fingerprint density at radius 1 is 1.04 bits per heavy atom. The molecule has 5 nitrogen and oxygen atoms in total. The van der Waals surface area contributed by atoms with Gasteiger partial charge in [0.2, 0.25) is 11.8 Å². The van der Waals surface area contributed by atoms with Crippen molar-refractivity contribution in [2.45, 2.75) is 25.7 Å². The molecule has 148 valence electrons. The molecule has 0 bridgehead atoms. The molecule has 0 saturated carbocycles. The van der Waals surface area contributed by atoms with Gasteiger partial charge in [-0.05, 0) is 55.7 Å². The minimum atomic E-state index is -0.302. The molecule has 2 aromatic rings. The molecular weight excluding hydrogens is 359 g/mol. The zero-order chi connectivity index (χ0) is 19.8. The number of para-hydroxylation sites is 1. The maximum absolute atomic E-state index is 12.8. The number of anilines is 1. The molecule has 1 fully saturated rings. The highest BCUT2D eigenvalue weighted by Gasteiger charge is 2.27. The van der Waals surface area contributed by atoms with Crippen LogP contribution in [0.25, 0.3) is 0 Å². The smallest absolute Gasteiger partial charge is 0.227 e. The molecule has 6 heteroatoms. The number of benzene rings is 2. The van der Waals surface area contributed by atoms with Gasteiger partial charge in [-0.3, -0.25) is 9.59 Å². The molecule has 0 aromatic heterocycles. The number of hydrogen-bond acceptors (Lipinski definition) is 3. The van der Waals surface area contributed by atoms with Crippen molar-refractivity contribution in [1.82, 2.24) is 4.90 Å². The van der Waals surface area contributed by atoms with Gasteiger partial charge in [0, 0.05) is 31.1 Å². The molecule has 1 saturated heterocycles. The Balaban J connectivity index is 1.34. The zero-order valence-corrected chi connectivity index (χ0v) is 15.8. The largest absolute Gasteiger partial charge is 0.494 e. The highest BCUT2D eigenvalue weighted by atomic mass is 19.1. The van der Waals surface area contributed by atoms with E-state index in [4.69, 9.17) is 4.74 Å². The minimum absolute atomic E-state index is 0.0194. The Bertz CT molecular complexity index is 772. The first-order valence-corrected chi connectivity index (χ1v) is 9.64. The second-order valence-electron chi connectivity index (χ2n) is 6.92. The molecule has 0 aliphatic carbocycles. The number of amides is 2. The normalized spacial score (nSPS) is 14.5. The van der Waals surface area contributed by atoms with E-state index in [1.165, 1.54) is 12.1 Å². The summed E-state index contributed by atoms with van der Waals surface area (Å²) in [7, 11) is 0. The quantitative estimate of drug-likeness (QED) is 0.738. The van der Waals surface area contributed by atoms with Gasteiger partial charge in [-0.2, -0.15) is 0 Å². The molecule has 0 unspecified atom stereocenters. The molecule has 2 amide bonds. The third kappa shape index (κ3) is 5.81. The maximum Gasteiger partial charge on any atom is 0.227 e. The summed E-state index contributed by atoms with van der Waals surface area (Å²) < 4.78 is 18.4. The van der Waals surface area contributed by atoms with Crippen molar-refractivity contribution in [3.63, 3.8) is 0 Å². The third-order valence-corrected chi connectivity index (χ3v) is 4.88. The average molecular weight is 384 g/mol. The Morgan fingerprint density at radius 2 is 1.71 bits per heavy atom. The summed E-state index contributed by atoms with van der Waals surface area (Å²) in [6.07, 6.45) is 2.36. The van der Waals surface area contributed by atoms with Crippen LogP contribution in [0, 0.1) is 11.7 Å². The topological polar surface area (TPSA) is 58.6 Å². The van der Waals surface area contributed by atoms with E-state index in [2.05, 4.69) is 5.32 Å². The first-order valence-electron chi connectivity index (χ1n) is 9.64. The molecule has 0 atom stereocenters. The lowest BCUT2D eigenvalue weighted by Crippen LogP contribution is -2.41.